The molecule has 0 aliphatic carbocycles. The van der Waals surface area contributed by atoms with E-state index in [4.69, 9.17) is 27.9 Å². The maximum absolute atomic E-state index is 12.9. The monoisotopic (exact) mass is 586 g/mol. The van der Waals surface area contributed by atoms with Crippen molar-refractivity contribution in [1.29, 1.82) is 0 Å². The lowest BCUT2D eigenvalue weighted by Crippen LogP contribution is -2.34. The molecule has 10 heteroatoms. The fourth-order valence-electron chi connectivity index (χ4n) is 3.81. The Morgan fingerprint density at radius 1 is 0.756 bits per heavy atom. The van der Waals surface area contributed by atoms with Crippen molar-refractivity contribution in [1.82, 2.24) is 19.9 Å². The van der Waals surface area contributed by atoms with E-state index in [-0.39, 0.29) is 10.6 Å². The van der Waals surface area contributed by atoms with Gasteiger partial charge in [-0.3, -0.25) is 4.90 Å². The Morgan fingerprint density at radius 2 is 1.34 bits per heavy atom. The number of amides is 1. The maximum atomic E-state index is 12.9. The van der Waals surface area contributed by atoms with Gasteiger partial charge in [0.15, 0.2) is 0 Å². The quantitative estimate of drug-likeness (QED) is 0.195. The highest BCUT2D eigenvalue weighted by Gasteiger charge is 2.22. The largest absolute Gasteiger partial charge is 0.421 e. The summed E-state index contributed by atoms with van der Waals surface area (Å²) in [7, 11) is 0. The molecule has 41 heavy (non-hydrogen) atoms. The van der Waals surface area contributed by atoms with E-state index in [0.717, 1.165) is 29.1 Å². The zero-order valence-electron chi connectivity index (χ0n) is 22.5. The van der Waals surface area contributed by atoms with Crippen molar-refractivity contribution >= 4 is 40.9 Å². The number of carbonyl (C=O) groups is 1. The first-order valence-electron chi connectivity index (χ1n) is 12.7. The number of carbonyl (C=O) groups excluding carboxylic acids is 1. The minimum Gasteiger partial charge on any atom is -0.409 e. The minimum absolute atomic E-state index is 0.0698. The first-order chi connectivity index (χ1) is 19.9. The van der Waals surface area contributed by atoms with E-state index < -0.39 is 6.09 Å². The van der Waals surface area contributed by atoms with Crippen LogP contribution in [0.5, 0.6) is 5.75 Å². The number of benzene rings is 3. The van der Waals surface area contributed by atoms with Crippen molar-refractivity contribution < 1.29 is 9.53 Å². The lowest BCUT2D eigenvalue weighted by Gasteiger charge is -2.22. The average Bonchev–Trinajstić information content (AvgIpc) is 2.98. The van der Waals surface area contributed by atoms with Gasteiger partial charge >= 0.3 is 6.09 Å². The summed E-state index contributed by atoms with van der Waals surface area (Å²) in [5, 5.41) is 3.49. The number of anilines is 2. The van der Waals surface area contributed by atoms with Crippen molar-refractivity contribution in [2.24, 2.45) is 0 Å². The van der Waals surface area contributed by atoms with Crippen LogP contribution >= 0.6 is 23.2 Å². The van der Waals surface area contributed by atoms with Gasteiger partial charge in [0.25, 0.3) is 0 Å². The topological polar surface area (TPSA) is 93.1 Å². The number of hydrogen-bond acceptors (Lipinski definition) is 7. The Bertz CT molecular complexity index is 1550. The van der Waals surface area contributed by atoms with Crippen LogP contribution in [0.2, 0.25) is 10.6 Å². The minimum atomic E-state index is -0.527. The van der Waals surface area contributed by atoms with Gasteiger partial charge in [-0.15, -0.1) is 0 Å². The van der Waals surface area contributed by atoms with Crippen LogP contribution in [0.25, 0.3) is 0 Å². The average molecular weight is 588 g/mol. The van der Waals surface area contributed by atoms with Crippen molar-refractivity contribution in [3.05, 3.63) is 136 Å². The zero-order chi connectivity index (χ0) is 29.0. The maximum Gasteiger partial charge on any atom is 0.421 e. The van der Waals surface area contributed by atoms with E-state index in [1.807, 2.05) is 80.6 Å². The van der Waals surface area contributed by atoms with Gasteiger partial charge in [-0.05, 0) is 71.4 Å². The van der Waals surface area contributed by atoms with Gasteiger partial charge in [0.1, 0.15) is 17.4 Å². The Hall–Kier alpha value is -4.53. The van der Waals surface area contributed by atoms with Crippen LogP contribution in [0.3, 0.4) is 0 Å². The van der Waals surface area contributed by atoms with Crippen LogP contribution < -0.4 is 15.0 Å². The van der Waals surface area contributed by atoms with E-state index in [2.05, 4.69) is 37.4 Å². The Kier molecular flexibility index (Phi) is 10.6. The summed E-state index contributed by atoms with van der Waals surface area (Å²) in [6.45, 7) is 4.84. The van der Waals surface area contributed by atoms with E-state index in [0.29, 0.717) is 18.1 Å². The summed E-state index contributed by atoms with van der Waals surface area (Å²) in [6, 6.07) is 28.9. The van der Waals surface area contributed by atoms with Gasteiger partial charge in [0, 0.05) is 18.9 Å². The Balaban J connectivity index is 0.000000218. The van der Waals surface area contributed by atoms with Crippen molar-refractivity contribution in [3.8, 4) is 5.75 Å². The molecule has 5 aromatic rings. The predicted octanol–water partition coefficient (Wildman–Crippen LogP) is 7.69. The van der Waals surface area contributed by atoms with Crippen LogP contribution in [0.15, 0.2) is 103 Å². The normalized spacial score (nSPS) is 10.2. The predicted molar refractivity (Wildman–Crippen MR) is 162 cm³/mol. The highest BCUT2D eigenvalue weighted by atomic mass is 35.5. The molecule has 3 aromatic carbocycles. The molecule has 8 nitrogen and oxygen atoms in total. The number of ether oxygens (including phenoxy) is 1. The molecule has 208 valence electrons. The van der Waals surface area contributed by atoms with Gasteiger partial charge in [0.2, 0.25) is 10.6 Å². The third-order valence-corrected chi connectivity index (χ3v) is 6.20. The number of hydrogen-bond donors (Lipinski definition) is 1. The first-order valence-corrected chi connectivity index (χ1v) is 13.5. The van der Waals surface area contributed by atoms with Crippen molar-refractivity contribution in [2.45, 2.75) is 26.9 Å². The number of rotatable bonds is 7. The summed E-state index contributed by atoms with van der Waals surface area (Å²) in [4.78, 5) is 30.2. The summed E-state index contributed by atoms with van der Waals surface area (Å²) in [5.41, 5.74) is 3.92. The number of aromatic nitrogens is 4. The molecule has 0 aliphatic heterocycles. The van der Waals surface area contributed by atoms with Crippen LogP contribution in [0.1, 0.15) is 22.3 Å². The molecule has 0 radical (unpaired) electrons. The molecular weight excluding hydrogens is 559 g/mol. The lowest BCUT2D eigenvalue weighted by atomic mass is 10.1. The SMILES string of the molecule is Cc1cccc(C)c1OC(=O)N(Cc1ccccc1)c1ccnc(Cl)n1.Clc1nccc(NCc2ccccc2)n1. The van der Waals surface area contributed by atoms with E-state index in [1.165, 1.54) is 16.7 Å². The van der Waals surface area contributed by atoms with Gasteiger partial charge < -0.3 is 10.1 Å². The van der Waals surface area contributed by atoms with Crippen molar-refractivity contribution in [2.75, 3.05) is 10.2 Å². The van der Waals surface area contributed by atoms with Crippen LogP contribution in [-0.2, 0) is 13.1 Å². The number of nitrogens with one attached hydrogen (secondary N) is 1. The molecule has 2 aromatic heterocycles. The summed E-state index contributed by atoms with van der Waals surface area (Å²) < 4.78 is 5.69. The standard InChI is InChI=1S/C20H18ClN3O2.C11H10ClN3/c1-14-7-6-8-15(2)18(14)26-20(25)24(13-16-9-4-3-5-10-16)17-11-12-22-19(21)23-17;12-11-13-7-6-10(15-11)14-8-9-4-2-1-3-5-9/h3-12H,13H2,1-2H3;1-7H,8H2,(H,13,14,15). The zero-order valence-corrected chi connectivity index (χ0v) is 24.0. The lowest BCUT2D eigenvalue weighted by molar-refractivity contribution is 0.206. The van der Waals surface area contributed by atoms with Gasteiger partial charge in [-0.25, -0.2) is 24.7 Å². The van der Waals surface area contributed by atoms with Crippen LogP contribution in [0.4, 0.5) is 16.4 Å². The number of para-hydroxylation sites is 1. The van der Waals surface area contributed by atoms with Crippen molar-refractivity contribution in [3.63, 3.8) is 0 Å². The Labute approximate surface area is 249 Å². The van der Waals surface area contributed by atoms with E-state index in [9.17, 15) is 4.79 Å². The fraction of sp³-hybridized carbons (Fsp3) is 0.129. The second-order valence-electron chi connectivity index (χ2n) is 8.89. The molecule has 5 rings (SSSR count). The highest BCUT2D eigenvalue weighted by Crippen LogP contribution is 2.25. The smallest absolute Gasteiger partial charge is 0.409 e. The fourth-order valence-corrected chi connectivity index (χ4v) is 4.10. The molecule has 1 amide bonds. The molecule has 0 spiro atoms. The third-order valence-electron chi connectivity index (χ3n) is 5.83. The molecule has 0 aliphatic rings. The highest BCUT2D eigenvalue weighted by molar-refractivity contribution is 6.28. The number of aryl methyl sites for hydroxylation is 2. The van der Waals surface area contributed by atoms with Crippen LogP contribution in [0, 0.1) is 13.8 Å². The number of nitrogens with zero attached hydrogens (tertiary/aromatic N) is 5. The van der Waals surface area contributed by atoms with Gasteiger partial charge in [0.05, 0.1) is 6.54 Å². The summed E-state index contributed by atoms with van der Waals surface area (Å²) >= 11 is 11.6. The molecule has 0 saturated heterocycles. The molecule has 0 saturated carbocycles. The molecule has 0 bridgehead atoms. The molecule has 0 unspecified atom stereocenters. The van der Waals surface area contributed by atoms with Gasteiger partial charge in [-0.1, -0.05) is 78.9 Å². The first kappa shape index (κ1) is 29.5. The molecule has 1 N–H and O–H groups in total. The van der Waals surface area contributed by atoms with E-state index in [1.54, 1.807) is 18.3 Å². The number of halogens is 2. The molecular formula is C31H28Cl2N6O2. The van der Waals surface area contributed by atoms with Crippen LogP contribution in [-0.4, -0.2) is 26.0 Å². The second-order valence-corrected chi connectivity index (χ2v) is 9.57. The van der Waals surface area contributed by atoms with E-state index >= 15 is 0 Å². The molecule has 0 atom stereocenters. The summed E-state index contributed by atoms with van der Waals surface area (Å²) in [5.74, 6) is 1.67. The summed E-state index contributed by atoms with van der Waals surface area (Å²) in [6.07, 6.45) is 2.61. The molecule has 0 fully saturated rings. The second kappa shape index (κ2) is 14.7. The third kappa shape index (κ3) is 8.99. The van der Waals surface area contributed by atoms with Gasteiger partial charge in [-0.2, -0.15) is 0 Å². The molecule has 2 heterocycles. The Morgan fingerprint density at radius 3 is 1.95 bits per heavy atom.